The predicted molar refractivity (Wildman–Crippen MR) is 55.2 cm³/mol. The number of benzene rings is 1. The van der Waals surface area contributed by atoms with E-state index in [1.165, 1.54) is 0 Å². The van der Waals surface area contributed by atoms with Crippen molar-refractivity contribution in [2.24, 2.45) is 5.84 Å². The van der Waals surface area contributed by atoms with Gasteiger partial charge in [0.2, 0.25) is 0 Å². The summed E-state index contributed by atoms with van der Waals surface area (Å²) in [6, 6.07) is 8.80. The van der Waals surface area contributed by atoms with Crippen LogP contribution in [-0.4, -0.2) is 19.2 Å². The van der Waals surface area contributed by atoms with Gasteiger partial charge in [-0.15, -0.1) is 9.05 Å². The van der Waals surface area contributed by atoms with E-state index in [-0.39, 0.29) is 65.0 Å². The molecule has 0 radical (unpaired) electrons. The molecule has 0 saturated heterocycles. The molecule has 1 rings (SSSR count). The van der Waals surface area contributed by atoms with Gasteiger partial charge in [-0.1, -0.05) is 18.2 Å². The van der Waals surface area contributed by atoms with Gasteiger partial charge in [0.1, 0.15) is 0 Å². The Balaban J connectivity index is -0.000000247. The molecule has 0 heterocycles. The van der Waals surface area contributed by atoms with Crippen LogP contribution in [0, 0.1) is 0 Å². The Hall–Kier alpha value is 0.940. The molecule has 0 aliphatic carbocycles. The fraction of sp³-hybridized carbons (Fsp3) is 0. The van der Waals surface area contributed by atoms with Crippen LogP contribution in [0.5, 0.6) is 0 Å². The second kappa shape index (κ2) is 12.0. The zero-order valence-electron chi connectivity index (χ0n) is 9.41. The van der Waals surface area contributed by atoms with Gasteiger partial charge in [-0.25, -0.2) is 5.84 Å². The summed E-state index contributed by atoms with van der Waals surface area (Å²) in [7, 11) is -4.33. The van der Waals surface area contributed by atoms with Crippen LogP contribution in [0.25, 0.3) is 0 Å². The molecule has 0 atom stereocenters. The number of amides is 1. The van der Waals surface area contributed by atoms with Crippen LogP contribution in [0.2, 0.25) is 0 Å². The molecule has 3 N–H and O–H groups in total. The minimum absolute atomic E-state index is 0. The summed E-state index contributed by atoms with van der Waals surface area (Å²) in [5.74, 6) is 4.64. The Labute approximate surface area is 149 Å². The monoisotopic (exact) mass is 294 g/mol. The third-order valence-electron chi connectivity index (χ3n) is 1.17. The van der Waals surface area contributed by atoms with Crippen molar-refractivity contribution in [3.05, 3.63) is 35.9 Å². The van der Waals surface area contributed by atoms with Crippen molar-refractivity contribution in [1.29, 1.82) is 0 Å². The standard InChI is InChI=1S/C7H8N2O.2Na.H2O3S2/c8-9-7(10)6-4-2-1-3-5-6;;;1-5(2,3)4/h1-5H,8H2,(H,9,10);;;(H2,1,2,3,4)/q;2*+1;/p-2. The number of hydrazine groups is 1. The maximum Gasteiger partial charge on any atom is 1.00 e. The normalized spacial score (nSPS) is 8.65. The van der Waals surface area contributed by atoms with Crippen molar-refractivity contribution < 1.29 is 77.2 Å². The molecule has 0 aliphatic heterocycles. The molecule has 1 aromatic carbocycles. The molecule has 0 spiro atoms. The molecule has 0 aromatic heterocycles. The second-order valence-corrected chi connectivity index (χ2v) is 4.29. The number of nitrogens with two attached hydrogens (primary N) is 1. The molecule has 0 fully saturated rings. The number of nitrogens with one attached hydrogen (secondary N) is 1. The molecule has 0 unspecified atom stereocenters. The van der Waals surface area contributed by atoms with Crippen LogP contribution in [-0.2, 0) is 20.2 Å². The summed E-state index contributed by atoms with van der Waals surface area (Å²) in [4.78, 5) is 10.8. The SMILES string of the molecule is NNC(=O)c1ccccc1.O=S([O-])([O-])=S.[Na+].[Na+]. The van der Waals surface area contributed by atoms with Crippen LogP contribution < -0.4 is 70.4 Å². The number of rotatable bonds is 1. The van der Waals surface area contributed by atoms with E-state index in [1.807, 2.05) is 11.5 Å². The Kier molecular flexibility index (Phi) is 16.3. The fourth-order valence-corrected chi connectivity index (χ4v) is 0.673. The van der Waals surface area contributed by atoms with Crippen molar-refractivity contribution in [3.63, 3.8) is 0 Å². The number of hydrogen-bond donors (Lipinski definition) is 2. The van der Waals surface area contributed by atoms with Gasteiger partial charge in [-0.3, -0.25) is 14.4 Å². The van der Waals surface area contributed by atoms with E-state index in [4.69, 9.17) is 19.2 Å². The first-order valence-electron chi connectivity index (χ1n) is 3.57. The quantitative estimate of drug-likeness (QED) is 0.230. The average molecular weight is 294 g/mol. The molecule has 0 saturated carbocycles. The van der Waals surface area contributed by atoms with Gasteiger partial charge in [0.25, 0.3) is 5.91 Å². The summed E-state index contributed by atoms with van der Waals surface area (Å²) in [6.45, 7) is 0. The molecule has 17 heavy (non-hydrogen) atoms. The molecule has 6 nitrogen and oxygen atoms in total. The number of carbonyl (C=O) groups excluding carboxylic acids is 1. The van der Waals surface area contributed by atoms with E-state index >= 15 is 0 Å². The van der Waals surface area contributed by atoms with Crippen molar-refractivity contribution in [2.45, 2.75) is 0 Å². The smallest absolute Gasteiger partial charge is 0.780 e. The molecular weight excluding hydrogens is 286 g/mol. The Bertz CT molecular complexity index is 405. The number of carbonyl (C=O) groups is 1. The third kappa shape index (κ3) is 16.9. The van der Waals surface area contributed by atoms with E-state index in [9.17, 15) is 4.79 Å². The van der Waals surface area contributed by atoms with Crippen LogP contribution >= 0.6 is 0 Å². The summed E-state index contributed by atoms with van der Waals surface area (Å²) < 4.78 is 26.7. The van der Waals surface area contributed by atoms with Gasteiger partial charge in [-0.05, 0) is 23.3 Å². The molecule has 0 aliphatic rings. The predicted octanol–water partition coefficient (Wildman–Crippen LogP) is -6.71. The van der Waals surface area contributed by atoms with Crippen molar-refractivity contribution in [2.75, 3.05) is 0 Å². The maximum absolute atomic E-state index is 10.8. The van der Waals surface area contributed by atoms with Crippen LogP contribution in [0.15, 0.2) is 30.3 Å². The summed E-state index contributed by atoms with van der Waals surface area (Å²) in [5, 5.41) is 0. The number of nitrogen functional groups attached to an aromatic ring is 1. The fourth-order valence-electron chi connectivity index (χ4n) is 0.673. The molecular formula is C7H8N2Na2O4S2. The van der Waals surface area contributed by atoms with Gasteiger partial charge in [0, 0.05) is 5.56 Å². The van der Waals surface area contributed by atoms with E-state index in [1.54, 1.807) is 24.3 Å². The summed E-state index contributed by atoms with van der Waals surface area (Å²) in [5.41, 5.74) is 2.62. The first-order chi connectivity index (χ1) is 6.84. The van der Waals surface area contributed by atoms with Crippen LogP contribution in [0.4, 0.5) is 0 Å². The number of hydrogen-bond acceptors (Lipinski definition) is 6. The van der Waals surface area contributed by atoms with E-state index in [2.05, 4.69) is 11.2 Å². The largest absolute Gasteiger partial charge is 1.00 e. The first-order valence-corrected chi connectivity index (χ1v) is 5.90. The third-order valence-corrected chi connectivity index (χ3v) is 1.17. The maximum atomic E-state index is 10.8. The zero-order chi connectivity index (χ0) is 11.9. The van der Waals surface area contributed by atoms with Gasteiger partial charge in [0.15, 0.2) is 0 Å². The second-order valence-electron chi connectivity index (χ2n) is 2.25. The first kappa shape index (κ1) is 23.1. The molecule has 0 bridgehead atoms. The topological polar surface area (TPSA) is 118 Å². The van der Waals surface area contributed by atoms with Crippen molar-refractivity contribution in [1.82, 2.24) is 5.43 Å². The minimum Gasteiger partial charge on any atom is -0.780 e. The van der Waals surface area contributed by atoms with E-state index in [0.29, 0.717) is 5.56 Å². The molecule has 10 heteroatoms. The molecule has 1 amide bonds. The van der Waals surface area contributed by atoms with Gasteiger partial charge in [0.05, 0.1) is 0 Å². The summed E-state index contributed by atoms with van der Waals surface area (Å²) >= 11 is 3.24. The van der Waals surface area contributed by atoms with Gasteiger partial charge < -0.3 is 9.11 Å². The van der Waals surface area contributed by atoms with E-state index in [0.717, 1.165) is 0 Å². The Morgan fingerprint density at radius 3 is 1.88 bits per heavy atom. The van der Waals surface area contributed by atoms with Gasteiger partial charge >= 0.3 is 59.1 Å². The van der Waals surface area contributed by atoms with Gasteiger partial charge in [-0.2, -0.15) is 0 Å². The summed E-state index contributed by atoms with van der Waals surface area (Å²) in [6.07, 6.45) is 0. The zero-order valence-corrected chi connectivity index (χ0v) is 15.0. The van der Waals surface area contributed by atoms with Crippen molar-refractivity contribution >= 4 is 26.1 Å². The van der Waals surface area contributed by atoms with Crippen molar-refractivity contribution in [3.8, 4) is 0 Å². The van der Waals surface area contributed by atoms with E-state index < -0.39 is 9.05 Å². The molecule has 1 aromatic rings. The Morgan fingerprint density at radius 2 is 1.59 bits per heavy atom. The molecule has 84 valence electrons. The average Bonchev–Trinajstić information content (AvgIpc) is 2.15. The van der Waals surface area contributed by atoms with Crippen LogP contribution in [0.3, 0.4) is 0 Å². The minimum atomic E-state index is -4.33. The Morgan fingerprint density at radius 1 is 1.24 bits per heavy atom. The van der Waals surface area contributed by atoms with Crippen LogP contribution in [0.1, 0.15) is 10.4 Å².